The summed E-state index contributed by atoms with van der Waals surface area (Å²) in [6, 6.07) is 7.75. The maximum atomic E-state index is 11.4. The first kappa shape index (κ1) is 14.8. The molecule has 1 fully saturated rings. The number of hydrogen-bond donors (Lipinski definition) is 2. The zero-order valence-corrected chi connectivity index (χ0v) is 11.8. The lowest BCUT2D eigenvalue weighted by atomic mass is 9.80. The summed E-state index contributed by atoms with van der Waals surface area (Å²) < 4.78 is 11.0. The molecule has 0 aliphatic heterocycles. The highest BCUT2D eigenvalue weighted by molar-refractivity contribution is 5.84. The Hall–Kier alpha value is -1.59. The van der Waals surface area contributed by atoms with Crippen molar-refractivity contribution in [3.8, 4) is 5.75 Å². The Balaban J connectivity index is 2.02. The van der Waals surface area contributed by atoms with Crippen molar-refractivity contribution >= 4 is 5.91 Å². The van der Waals surface area contributed by atoms with Gasteiger partial charge in [-0.2, -0.15) is 0 Å². The van der Waals surface area contributed by atoms with Crippen LogP contribution >= 0.6 is 0 Å². The minimum Gasteiger partial charge on any atom is -0.490 e. The second kappa shape index (κ2) is 6.24. The normalized spacial score (nSPS) is 26.2. The van der Waals surface area contributed by atoms with Crippen LogP contribution in [0, 0.1) is 0 Å². The van der Waals surface area contributed by atoms with E-state index in [0.29, 0.717) is 19.4 Å². The molecule has 110 valence electrons. The maximum absolute atomic E-state index is 11.4. The van der Waals surface area contributed by atoms with Crippen LogP contribution in [0.3, 0.4) is 0 Å². The molecule has 0 radical (unpaired) electrons. The van der Waals surface area contributed by atoms with Crippen LogP contribution in [0.25, 0.3) is 0 Å². The zero-order chi connectivity index (χ0) is 14.6. The molecular formula is C15H22N2O3. The molecule has 2 rings (SSSR count). The first-order valence-corrected chi connectivity index (χ1v) is 6.87. The summed E-state index contributed by atoms with van der Waals surface area (Å²) in [5.74, 6) is 0.331. The number of methoxy groups -OCH3 is 1. The van der Waals surface area contributed by atoms with E-state index < -0.39 is 11.4 Å². The molecule has 1 aliphatic carbocycles. The van der Waals surface area contributed by atoms with Crippen LogP contribution in [0.2, 0.25) is 0 Å². The smallest absolute Gasteiger partial charge is 0.237 e. The van der Waals surface area contributed by atoms with Crippen molar-refractivity contribution in [3.63, 3.8) is 0 Å². The van der Waals surface area contributed by atoms with Crippen LogP contribution in [0.15, 0.2) is 24.3 Å². The van der Waals surface area contributed by atoms with E-state index >= 15 is 0 Å². The Morgan fingerprint density at radius 2 is 2.30 bits per heavy atom. The summed E-state index contributed by atoms with van der Waals surface area (Å²) in [5, 5.41) is 0. The van der Waals surface area contributed by atoms with E-state index in [-0.39, 0.29) is 6.10 Å². The van der Waals surface area contributed by atoms with Gasteiger partial charge in [0.25, 0.3) is 0 Å². The third kappa shape index (κ3) is 3.49. The number of benzene rings is 1. The molecule has 5 heteroatoms. The van der Waals surface area contributed by atoms with Crippen molar-refractivity contribution in [3.05, 3.63) is 29.8 Å². The van der Waals surface area contributed by atoms with Gasteiger partial charge in [-0.3, -0.25) is 4.79 Å². The average molecular weight is 278 g/mol. The first-order valence-electron chi connectivity index (χ1n) is 6.87. The molecule has 1 amide bonds. The highest BCUT2D eigenvalue weighted by Crippen LogP contribution is 2.29. The molecular weight excluding hydrogens is 256 g/mol. The molecule has 2 atom stereocenters. The minimum absolute atomic E-state index is 0.0703. The van der Waals surface area contributed by atoms with Gasteiger partial charge in [0, 0.05) is 13.5 Å². The second-order valence-electron chi connectivity index (χ2n) is 5.44. The van der Waals surface area contributed by atoms with Crippen molar-refractivity contribution in [2.24, 2.45) is 11.5 Å². The number of primary amides is 1. The van der Waals surface area contributed by atoms with Gasteiger partial charge in [-0.1, -0.05) is 12.1 Å². The topological polar surface area (TPSA) is 87.6 Å². The van der Waals surface area contributed by atoms with Crippen molar-refractivity contribution in [2.75, 3.05) is 7.11 Å². The summed E-state index contributed by atoms with van der Waals surface area (Å²) in [6.07, 6.45) is 2.77. The van der Waals surface area contributed by atoms with Gasteiger partial charge >= 0.3 is 0 Å². The molecule has 5 nitrogen and oxygen atoms in total. The van der Waals surface area contributed by atoms with Gasteiger partial charge in [0.2, 0.25) is 5.91 Å². The minimum atomic E-state index is -0.937. The van der Waals surface area contributed by atoms with Crippen LogP contribution in [-0.2, 0) is 16.1 Å². The van der Waals surface area contributed by atoms with Crippen LogP contribution in [0.1, 0.15) is 31.2 Å². The lowest BCUT2D eigenvalue weighted by Gasteiger charge is -2.35. The van der Waals surface area contributed by atoms with E-state index in [1.165, 1.54) is 0 Å². The highest BCUT2D eigenvalue weighted by atomic mass is 16.5. The largest absolute Gasteiger partial charge is 0.490 e. The van der Waals surface area contributed by atoms with Crippen molar-refractivity contribution in [1.82, 2.24) is 0 Å². The van der Waals surface area contributed by atoms with E-state index in [4.69, 9.17) is 20.9 Å². The van der Waals surface area contributed by atoms with Crippen LogP contribution in [0.5, 0.6) is 5.75 Å². The fourth-order valence-electron chi connectivity index (χ4n) is 2.65. The Morgan fingerprint density at radius 1 is 1.50 bits per heavy atom. The third-order valence-corrected chi connectivity index (χ3v) is 3.74. The molecule has 1 aliphatic rings. The van der Waals surface area contributed by atoms with Crippen LogP contribution < -0.4 is 16.2 Å². The van der Waals surface area contributed by atoms with E-state index in [9.17, 15) is 4.79 Å². The number of rotatable bonds is 5. The highest BCUT2D eigenvalue weighted by Gasteiger charge is 2.38. The Kier molecular flexibility index (Phi) is 4.62. The SMILES string of the molecule is COCc1cccc(OC2CCCC(N)(C(N)=O)C2)c1. The van der Waals surface area contributed by atoms with Crippen LogP contribution in [-0.4, -0.2) is 24.7 Å². The number of carbonyl (C=O) groups excluding carboxylic acids is 1. The van der Waals surface area contributed by atoms with Gasteiger partial charge in [0.1, 0.15) is 11.9 Å². The van der Waals surface area contributed by atoms with E-state index in [2.05, 4.69) is 0 Å². The summed E-state index contributed by atoms with van der Waals surface area (Å²) >= 11 is 0. The van der Waals surface area contributed by atoms with E-state index in [1.54, 1.807) is 7.11 Å². The van der Waals surface area contributed by atoms with Gasteiger partial charge < -0.3 is 20.9 Å². The molecule has 0 aromatic heterocycles. The predicted octanol–water partition coefficient (Wildman–Crippen LogP) is 1.34. The number of ether oxygens (including phenoxy) is 2. The van der Waals surface area contributed by atoms with Crippen molar-refractivity contribution in [2.45, 2.75) is 43.9 Å². The van der Waals surface area contributed by atoms with Crippen molar-refractivity contribution < 1.29 is 14.3 Å². The molecule has 2 unspecified atom stereocenters. The second-order valence-corrected chi connectivity index (χ2v) is 5.44. The van der Waals surface area contributed by atoms with Gasteiger partial charge in [-0.15, -0.1) is 0 Å². The molecule has 0 bridgehead atoms. The Morgan fingerprint density at radius 3 is 3.00 bits per heavy atom. The molecule has 1 aromatic rings. The number of nitrogens with two attached hydrogens (primary N) is 2. The maximum Gasteiger partial charge on any atom is 0.237 e. The van der Waals surface area contributed by atoms with E-state index in [1.807, 2.05) is 24.3 Å². The van der Waals surface area contributed by atoms with Crippen molar-refractivity contribution in [1.29, 1.82) is 0 Å². The predicted molar refractivity (Wildman–Crippen MR) is 76.2 cm³/mol. The van der Waals surface area contributed by atoms with Crippen LogP contribution in [0.4, 0.5) is 0 Å². The fraction of sp³-hybridized carbons (Fsp3) is 0.533. The molecule has 1 saturated carbocycles. The quantitative estimate of drug-likeness (QED) is 0.850. The number of amides is 1. The zero-order valence-electron chi connectivity index (χ0n) is 11.8. The first-order chi connectivity index (χ1) is 9.53. The monoisotopic (exact) mass is 278 g/mol. The summed E-state index contributed by atoms with van der Waals surface area (Å²) in [7, 11) is 1.66. The van der Waals surface area contributed by atoms with Gasteiger partial charge in [0.15, 0.2) is 0 Å². The Bertz CT molecular complexity index is 478. The average Bonchev–Trinajstić information content (AvgIpc) is 2.39. The fourth-order valence-corrected chi connectivity index (χ4v) is 2.65. The standard InChI is InChI=1S/C15H22N2O3/c1-19-10-11-4-2-5-12(8-11)20-13-6-3-7-15(17,9-13)14(16)18/h2,4-5,8,13H,3,6-7,9-10,17H2,1H3,(H2,16,18). The van der Waals surface area contributed by atoms with Gasteiger partial charge in [0.05, 0.1) is 12.1 Å². The Labute approximate surface area is 119 Å². The van der Waals surface area contributed by atoms with Gasteiger partial charge in [-0.05, 0) is 37.0 Å². The molecule has 20 heavy (non-hydrogen) atoms. The summed E-state index contributed by atoms with van der Waals surface area (Å²) in [4.78, 5) is 11.4. The molecule has 0 heterocycles. The number of hydrogen-bond acceptors (Lipinski definition) is 4. The van der Waals surface area contributed by atoms with E-state index in [0.717, 1.165) is 24.2 Å². The molecule has 0 saturated heterocycles. The lowest BCUT2D eigenvalue weighted by Crippen LogP contribution is -2.56. The molecule has 1 aromatic carbocycles. The lowest BCUT2D eigenvalue weighted by molar-refractivity contribution is -0.125. The molecule has 4 N–H and O–H groups in total. The molecule has 0 spiro atoms. The third-order valence-electron chi connectivity index (χ3n) is 3.74. The van der Waals surface area contributed by atoms with Gasteiger partial charge in [-0.25, -0.2) is 0 Å². The summed E-state index contributed by atoms with van der Waals surface area (Å²) in [5.41, 5.74) is 11.5. The number of carbonyl (C=O) groups is 1. The summed E-state index contributed by atoms with van der Waals surface area (Å²) in [6.45, 7) is 0.546.